The number of halogens is 1. The van der Waals surface area contributed by atoms with Crippen LogP contribution >= 0.6 is 12.4 Å². The van der Waals surface area contributed by atoms with Crippen LogP contribution in [0.4, 0.5) is 4.79 Å². The minimum absolute atomic E-state index is 0. The molecule has 1 unspecified atom stereocenters. The predicted molar refractivity (Wildman–Crippen MR) is 95.2 cm³/mol. The van der Waals surface area contributed by atoms with Crippen LogP contribution < -0.4 is 4.74 Å². The molecule has 0 bridgehead atoms. The smallest absolute Gasteiger partial charge is 0.410 e. The summed E-state index contributed by atoms with van der Waals surface area (Å²) in [6, 6.07) is 6.14. The molecule has 23 heavy (non-hydrogen) atoms. The standard InChI is InChI=1S/C18H24N2O2.ClH/c1-5-12-19(3)15-11-10-14-8-7-9-16(17(14)15)22-18(21)20(4)13-6-2;/h1,7-9,15H,6,10-13H2,2-4H3;1H. The van der Waals surface area contributed by atoms with E-state index in [2.05, 4.69) is 16.9 Å². The maximum absolute atomic E-state index is 12.2. The summed E-state index contributed by atoms with van der Waals surface area (Å²) in [5.74, 6) is 3.34. The van der Waals surface area contributed by atoms with Gasteiger partial charge in [0.25, 0.3) is 0 Å². The van der Waals surface area contributed by atoms with Gasteiger partial charge in [-0.2, -0.15) is 0 Å². The fourth-order valence-corrected chi connectivity index (χ4v) is 3.00. The molecule has 1 aromatic rings. The molecule has 1 aliphatic rings. The number of nitrogens with zero attached hydrogens (tertiary/aromatic N) is 2. The van der Waals surface area contributed by atoms with Crippen LogP contribution in [0.5, 0.6) is 5.75 Å². The van der Waals surface area contributed by atoms with E-state index in [4.69, 9.17) is 11.2 Å². The van der Waals surface area contributed by atoms with E-state index in [9.17, 15) is 4.79 Å². The highest BCUT2D eigenvalue weighted by Gasteiger charge is 2.29. The Kier molecular flexibility index (Phi) is 7.41. The molecular weight excluding hydrogens is 312 g/mol. The zero-order valence-corrected chi connectivity index (χ0v) is 14.9. The summed E-state index contributed by atoms with van der Waals surface area (Å²) in [6.45, 7) is 3.31. The number of carbonyl (C=O) groups is 1. The molecule has 0 aliphatic heterocycles. The summed E-state index contributed by atoms with van der Waals surface area (Å²) in [4.78, 5) is 15.9. The van der Waals surface area contributed by atoms with E-state index in [1.165, 1.54) is 5.56 Å². The van der Waals surface area contributed by atoms with Crippen molar-refractivity contribution in [3.8, 4) is 18.1 Å². The normalized spacial score (nSPS) is 15.5. The third-order valence-electron chi connectivity index (χ3n) is 4.12. The highest BCUT2D eigenvalue weighted by molar-refractivity contribution is 5.85. The van der Waals surface area contributed by atoms with Crippen molar-refractivity contribution in [3.63, 3.8) is 0 Å². The number of hydrogen-bond donors (Lipinski definition) is 0. The Balaban J connectivity index is 0.00000264. The molecule has 2 rings (SSSR count). The van der Waals surface area contributed by atoms with Crippen molar-refractivity contribution < 1.29 is 9.53 Å². The van der Waals surface area contributed by atoms with Gasteiger partial charge in [0.1, 0.15) is 5.75 Å². The van der Waals surface area contributed by atoms with Crippen LogP contribution in [0.25, 0.3) is 0 Å². The maximum Gasteiger partial charge on any atom is 0.414 e. The van der Waals surface area contributed by atoms with Gasteiger partial charge in [-0.15, -0.1) is 18.8 Å². The summed E-state index contributed by atoms with van der Waals surface area (Å²) in [7, 11) is 3.78. The van der Waals surface area contributed by atoms with Crippen molar-refractivity contribution in [2.45, 2.75) is 32.2 Å². The average molecular weight is 337 g/mol. The molecule has 1 amide bonds. The average Bonchev–Trinajstić information content (AvgIpc) is 2.93. The molecule has 0 saturated carbocycles. The Morgan fingerprint density at radius 2 is 2.17 bits per heavy atom. The molecule has 5 heteroatoms. The van der Waals surface area contributed by atoms with E-state index >= 15 is 0 Å². The van der Waals surface area contributed by atoms with E-state index < -0.39 is 0 Å². The minimum atomic E-state index is -0.305. The number of carbonyl (C=O) groups excluding carboxylic acids is 1. The zero-order chi connectivity index (χ0) is 16.1. The lowest BCUT2D eigenvalue weighted by atomic mass is 10.1. The van der Waals surface area contributed by atoms with Crippen LogP contribution in [0.1, 0.15) is 36.9 Å². The Bertz CT molecular complexity index is 583. The molecule has 4 nitrogen and oxygen atoms in total. The fraction of sp³-hybridized carbons (Fsp3) is 0.500. The summed E-state index contributed by atoms with van der Waals surface area (Å²) in [5, 5.41) is 0. The Morgan fingerprint density at radius 1 is 1.43 bits per heavy atom. The van der Waals surface area contributed by atoms with Gasteiger partial charge in [-0.25, -0.2) is 4.79 Å². The molecule has 0 heterocycles. The second kappa shape index (κ2) is 8.81. The molecule has 0 aromatic heterocycles. The van der Waals surface area contributed by atoms with E-state index in [1.54, 1.807) is 11.9 Å². The molecule has 126 valence electrons. The van der Waals surface area contributed by atoms with Gasteiger partial charge in [-0.1, -0.05) is 25.0 Å². The molecule has 1 aliphatic carbocycles. The van der Waals surface area contributed by atoms with Gasteiger partial charge in [0.05, 0.1) is 6.54 Å². The second-order valence-electron chi connectivity index (χ2n) is 5.79. The molecule has 0 N–H and O–H groups in total. The number of aryl methyl sites for hydroxylation is 1. The number of rotatable bonds is 5. The fourth-order valence-electron chi connectivity index (χ4n) is 3.00. The van der Waals surface area contributed by atoms with Crippen molar-refractivity contribution in [1.29, 1.82) is 0 Å². The van der Waals surface area contributed by atoms with Gasteiger partial charge in [-0.3, -0.25) is 4.90 Å². The first-order valence-corrected chi connectivity index (χ1v) is 7.76. The van der Waals surface area contributed by atoms with Crippen LogP contribution in [0.15, 0.2) is 18.2 Å². The van der Waals surface area contributed by atoms with Gasteiger partial charge in [0.15, 0.2) is 0 Å². The van der Waals surface area contributed by atoms with Gasteiger partial charge in [0, 0.05) is 25.2 Å². The van der Waals surface area contributed by atoms with E-state index in [-0.39, 0.29) is 24.5 Å². The topological polar surface area (TPSA) is 32.8 Å². The van der Waals surface area contributed by atoms with Gasteiger partial charge in [-0.05, 0) is 37.9 Å². The van der Waals surface area contributed by atoms with Crippen LogP contribution in [-0.4, -0.2) is 43.1 Å². The highest BCUT2D eigenvalue weighted by atomic mass is 35.5. The largest absolute Gasteiger partial charge is 0.414 e. The summed E-state index contributed by atoms with van der Waals surface area (Å²) in [5.41, 5.74) is 2.36. The van der Waals surface area contributed by atoms with Crippen molar-refractivity contribution in [2.24, 2.45) is 0 Å². The Labute approximate surface area is 145 Å². The third-order valence-corrected chi connectivity index (χ3v) is 4.12. The van der Waals surface area contributed by atoms with E-state index in [0.717, 1.165) is 24.8 Å². The molecule has 0 fully saturated rings. The zero-order valence-electron chi connectivity index (χ0n) is 14.0. The number of terminal acetylenes is 1. The van der Waals surface area contributed by atoms with Crippen molar-refractivity contribution >= 4 is 18.5 Å². The number of benzene rings is 1. The van der Waals surface area contributed by atoms with E-state index in [0.29, 0.717) is 18.8 Å². The van der Waals surface area contributed by atoms with Crippen molar-refractivity contribution in [1.82, 2.24) is 9.80 Å². The highest BCUT2D eigenvalue weighted by Crippen LogP contribution is 2.40. The summed E-state index contributed by atoms with van der Waals surface area (Å²) < 4.78 is 5.64. The van der Waals surface area contributed by atoms with Gasteiger partial charge >= 0.3 is 6.09 Å². The van der Waals surface area contributed by atoms with Crippen LogP contribution in [0, 0.1) is 12.3 Å². The monoisotopic (exact) mass is 336 g/mol. The lowest BCUT2D eigenvalue weighted by Gasteiger charge is -2.25. The Hall–Kier alpha value is -1.70. The molecule has 0 spiro atoms. The number of ether oxygens (including phenoxy) is 1. The Morgan fingerprint density at radius 3 is 2.83 bits per heavy atom. The van der Waals surface area contributed by atoms with Crippen LogP contribution in [0.2, 0.25) is 0 Å². The van der Waals surface area contributed by atoms with E-state index in [1.807, 2.05) is 26.1 Å². The lowest BCUT2D eigenvalue weighted by molar-refractivity contribution is 0.161. The quantitative estimate of drug-likeness (QED) is 0.771. The summed E-state index contributed by atoms with van der Waals surface area (Å²) in [6.07, 6.45) is 8.03. The van der Waals surface area contributed by atoms with Gasteiger partial charge < -0.3 is 9.64 Å². The first kappa shape index (κ1) is 19.3. The second-order valence-corrected chi connectivity index (χ2v) is 5.79. The van der Waals surface area contributed by atoms with Crippen LogP contribution in [-0.2, 0) is 6.42 Å². The van der Waals surface area contributed by atoms with Gasteiger partial charge in [0.2, 0.25) is 0 Å². The number of amides is 1. The molecule has 1 aromatic carbocycles. The SMILES string of the molecule is C#CCN(C)C1CCc2cccc(OC(=O)N(C)CCC)c21.Cl. The van der Waals surface area contributed by atoms with Crippen molar-refractivity contribution in [3.05, 3.63) is 29.3 Å². The third kappa shape index (κ3) is 4.40. The first-order valence-electron chi connectivity index (χ1n) is 7.76. The molecular formula is C18H25ClN2O2. The first-order chi connectivity index (χ1) is 10.6. The molecule has 0 saturated heterocycles. The number of hydrogen-bond acceptors (Lipinski definition) is 3. The van der Waals surface area contributed by atoms with Crippen LogP contribution in [0.3, 0.4) is 0 Å². The molecule has 1 atom stereocenters. The lowest BCUT2D eigenvalue weighted by Crippen LogP contribution is -2.31. The molecule has 0 radical (unpaired) electrons. The number of fused-ring (bicyclic) bond motifs is 1. The van der Waals surface area contributed by atoms with Crippen molar-refractivity contribution in [2.75, 3.05) is 27.2 Å². The predicted octanol–water partition coefficient (Wildman–Crippen LogP) is 3.50. The summed E-state index contributed by atoms with van der Waals surface area (Å²) >= 11 is 0. The minimum Gasteiger partial charge on any atom is -0.410 e. The maximum atomic E-state index is 12.2.